The maximum Gasteiger partial charge on any atom is 0.417 e. The van der Waals surface area contributed by atoms with Crippen LogP contribution in [0, 0.1) is 5.92 Å². The molecule has 0 amide bonds. The first kappa shape index (κ1) is 10.3. The van der Waals surface area contributed by atoms with Gasteiger partial charge in [0.15, 0.2) is 0 Å². The largest absolute Gasteiger partial charge is 0.417 e. The third-order valence-electron chi connectivity index (χ3n) is 1.94. The number of hydrogen-bond acceptors (Lipinski definition) is 1. The molecule has 1 aliphatic rings. The molecule has 0 aromatic carbocycles. The van der Waals surface area contributed by atoms with E-state index in [4.69, 9.17) is 0 Å². The SMILES string of the molecule is C=C(C(=NCC)C1CC1)C(F)(F)F. The Balaban J connectivity index is 2.76. The van der Waals surface area contributed by atoms with Crippen molar-refractivity contribution in [1.82, 2.24) is 0 Å². The Bertz CT molecular complexity index is 236. The summed E-state index contributed by atoms with van der Waals surface area (Å²) >= 11 is 0. The van der Waals surface area contributed by atoms with E-state index >= 15 is 0 Å². The molecule has 0 aromatic heterocycles. The lowest BCUT2D eigenvalue weighted by Gasteiger charge is -2.11. The first-order valence-corrected chi connectivity index (χ1v) is 4.27. The second kappa shape index (κ2) is 3.52. The summed E-state index contributed by atoms with van der Waals surface area (Å²) in [6.45, 7) is 5.17. The van der Waals surface area contributed by atoms with Gasteiger partial charge in [-0.05, 0) is 19.8 Å². The van der Waals surface area contributed by atoms with Crippen molar-refractivity contribution in [2.24, 2.45) is 10.9 Å². The standard InChI is InChI=1S/C9H12F3N/c1-3-13-8(7-4-5-7)6(2)9(10,11)12/h7H,2-5H2,1H3. The van der Waals surface area contributed by atoms with E-state index < -0.39 is 11.7 Å². The first-order chi connectivity index (χ1) is 5.96. The lowest BCUT2D eigenvalue weighted by atomic mass is 10.1. The van der Waals surface area contributed by atoms with Crippen molar-refractivity contribution in [3.63, 3.8) is 0 Å². The number of aliphatic imine (C=N–C) groups is 1. The lowest BCUT2D eigenvalue weighted by molar-refractivity contribution is -0.0859. The molecular weight excluding hydrogens is 179 g/mol. The predicted molar refractivity (Wildman–Crippen MR) is 45.9 cm³/mol. The molecule has 4 heteroatoms. The first-order valence-electron chi connectivity index (χ1n) is 4.27. The van der Waals surface area contributed by atoms with Gasteiger partial charge in [0.1, 0.15) is 0 Å². The molecule has 0 saturated heterocycles. The van der Waals surface area contributed by atoms with Gasteiger partial charge in [-0.15, -0.1) is 0 Å². The minimum atomic E-state index is -4.32. The molecule has 0 heterocycles. The smallest absolute Gasteiger partial charge is 0.289 e. The number of alkyl halides is 3. The molecule has 0 radical (unpaired) electrons. The maximum atomic E-state index is 12.2. The average molecular weight is 191 g/mol. The quantitative estimate of drug-likeness (QED) is 0.608. The molecule has 0 bridgehead atoms. The molecule has 74 valence electrons. The van der Waals surface area contributed by atoms with Gasteiger partial charge < -0.3 is 0 Å². The van der Waals surface area contributed by atoms with Gasteiger partial charge in [0.2, 0.25) is 0 Å². The van der Waals surface area contributed by atoms with Crippen LogP contribution in [0.1, 0.15) is 19.8 Å². The molecule has 13 heavy (non-hydrogen) atoms. The highest BCUT2D eigenvalue weighted by atomic mass is 19.4. The van der Waals surface area contributed by atoms with E-state index in [1.54, 1.807) is 6.92 Å². The van der Waals surface area contributed by atoms with Gasteiger partial charge in [0.25, 0.3) is 0 Å². The summed E-state index contributed by atoms with van der Waals surface area (Å²) in [5.41, 5.74) is -0.605. The van der Waals surface area contributed by atoms with E-state index in [-0.39, 0.29) is 11.6 Å². The van der Waals surface area contributed by atoms with Gasteiger partial charge in [0.05, 0.1) is 5.57 Å². The van der Waals surface area contributed by atoms with Gasteiger partial charge in [-0.25, -0.2) is 0 Å². The molecule has 1 aliphatic carbocycles. The van der Waals surface area contributed by atoms with Crippen molar-refractivity contribution in [1.29, 1.82) is 0 Å². The number of hydrogen-bond donors (Lipinski definition) is 0. The van der Waals surface area contributed by atoms with E-state index in [0.717, 1.165) is 12.8 Å². The molecule has 0 spiro atoms. The second-order valence-corrected chi connectivity index (χ2v) is 3.11. The summed E-state index contributed by atoms with van der Waals surface area (Å²) in [6.07, 6.45) is -2.70. The fourth-order valence-electron chi connectivity index (χ4n) is 1.14. The molecular formula is C9H12F3N. The summed E-state index contributed by atoms with van der Waals surface area (Å²) < 4.78 is 36.7. The zero-order valence-electron chi connectivity index (χ0n) is 7.49. The second-order valence-electron chi connectivity index (χ2n) is 3.11. The van der Waals surface area contributed by atoms with E-state index in [9.17, 15) is 13.2 Å². The third-order valence-corrected chi connectivity index (χ3v) is 1.94. The topological polar surface area (TPSA) is 12.4 Å². The molecule has 0 unspecified atom stereocenters. The molecule has 1 fully saturated rings. The van der Waals surface area contributed by atoms with Crippen LogP contribution in [0.2, 0.25) is 0 Å². The number of rotatable bonds is 3. The fourth-order valence-corrected chi connectivity index (χ4v) is 1.14. The number of nitrogens with zero attached hydrogens (tertiary/aromatic N) is 1. The zero-order chi connectivity index (χ0) is 10.1. The van der Waals surface area contributed by atoms with Crippen LogP contribution in [0.5, 0.6) is 0 Å². The normalized spacial score (nSPS) is 18.9. The fraction of sp³-hybridized carbons (Fsp3) is 0.667. The number of allylic oxidation sites excluding steroid dienone is 1. The van der Waals surface area contributed by atoms with Crippen LogP contribution in [0.15, 0.2) is 17.1 Å². The zero-order valence-corrected chi connectivity index (χ0v) is 7.49. The predicted octanol–water partition coefficient (Wildman–Crippen LogP) is 2.98. The Labute approximate surface area is 75.4 Å². The van der Waals surface area contributed by atoms with Gasteiger partial charge in [-0.3, -0.25) is 4.99 Å². The van der Waals surface area contributed by atoms with Crippen molar-refractivity contribution < 1.29 is 13.2 Å². The van der Waals surface area contributed by atoms with Crippen LogP contribution in [-0.2, 0) is 0 Å². The van der Waals surface area contributed by atoms with Crippen LogP contribution < -0.4 is 0 Å². The van der Waals surface area contributed by atoms with E-state index in [1.165, 1.54) is 0 Å². The summed E-state index contributed by atoms with van der Waals surface area (Å²) in [5, 5.41) is 0. The summed E-state index contributed by atoms with van der Waals surface area (Å²) in [7, 11) is 0. The summed E-state index contributed by atoms with van der Waals surface area (Å²) in [5.74, 6) is 0.00840. The van der Waals surface area contributed by atoms with Gasteiger partial charge in [0, 0.05) is 18.2 Å². The monoisotopic (exact) mass is 191 g/mol. The number of halogens is 3. The molecule has 0 N–H and O–H groups in total. The molecule has 0 atom stereocenters. The minimum absolute atomic E-state index is 0.00840. The molecule has 1 nitrogen and oxygen atoms in total. The molecule has 1 rings (SSSR count). The Morgan fingerprint density at radius 1 is 1.46 bits per heavy atom. The Morgan fingerprint density at radius 3 is 2.31 bits per heavy atom. The van der Waals surface area contributed by atoms with Gasteiger partial charge >= 0.3 is 6.18 Å². The van der Waals surface area contributed by atoms with Crippen molar-refractivity contribution in [3.8, 4) is 0 Å². The van der Waals surface area contributed by atoms with Crippen molar-refractivity contribution in [3.05, 3.63) is 12.2 Å². The lowest BCUT2D eigenvalue weighted by Crippen LogP contribution is -2.20. The Kier molecular flexibility index (Phi) is 2.78. The molecule has 1 saturated carbocycles. The van der Waals surface area contributed by atoms with Gasteiger partial charge in [-0.2, -0.15) is 13.2 Å². The van der Waals surface area contributed by atoms with E-state index in [2.05, 4.69) is 11.6 Å². The maximum absolute atomic E-state index is 12.2. The van der Waals surface area contributed by atoms with Crippen LogP contribution in [-0.4, -0.2) is 18.4 Å². The van der Waals surface area contributed by atoms with Crippen molar-refractivity contribution in [2.75, 3.05) is 6.54 Å². The van der Waals surface area contributed by atoms with Crippen molar-refractivity contribution in [2.45, 2.75) is 25.9 Å². The van der Waals surface area contributed by atoms with Crippen LogP contribution in [0.25, 0.3) is 0 Å². The molecule has 0 aromatic rings. The average Bonchev–Trinajstić information content (AvgIpc) is 2.79. The Hall–Kier alpha value is -0.800. The summed E-state index contributed by atoms with van der Waals surface area (Å²) in [4.78, 5) is 3.85. The third kappa shape index (κ3) is 2.57. The van der Waals surface area contributed by atoms with E-state index in [0.29, 0.717) is 6.54 Å². The van der Waals surface area contributed by atoms with Crippen LogP contribution in [0.3, 0.4) is 0 Å². The van der Waals surface area contributed by atoms with Crippen LogP contribution >= 0.6 is 0 Å². The van der Waals surface area contributed by atoms with Crippen LogP contribution in [0.4, 0.5) is 13.2 Å². The Morgan fingerprint density at radius 2 is 2.00 bits per heavy atom. The van der Waals surface area contributed by atoms with E-state index in [1.807, 2.05) is 0 Å². The summed E-state index contributed by atoms with van der Waals surface area (Å²) in [6, 6.07) is 0. The van der Waals surface area contributed by atoms with Crippen molar-refractivity contribution >= 4 is 5.71 Å². The van der Waals surface area contributed by atoms with Gasteiger partial charge in [-0.1, -0.05) is 6.58 Å². The highest BCUT2D eigenvalue weighted by Crippen LogP contribution is 2.37. The highest BCUT2D eigenvalue weighted by Gasteiger charge is 2.40. The minimum Gasteiger partial charge on any atom is -0.289 e. The molecule has 0 aliphatic heterocycles. The highest BCUT2D eigenvalue weighted by molar-refractivity contribution is 6.03.